The summed E-state index contributed by atoms with van der Waals surface area (Å²) < 4.78 is 0. The highest BCUT2D eigenvalue weighted by Crippen LogP contribution is 2.34. The molecule has 2 heteroatoms. The van der Waals surface area contributed by atoms with Crippen molar-refractivity contribution in [2.45, 2.75) is 52.5 Å². The van der Waals surface area contributed by atoms with E-state index in [4.69, 9.17) is 0 Å². The van der Waals surface area contributed by atoms with Crippen molar-refractivity contribution in [3.8, 4) is 0 Å². The van der Waals surface area contributed by atoms with Crippen LogP contribution in [0, 0.1) is 17.8 Å². The summed E-state index contributed by atoms with van der Waals surface area (Å²) in [6, 6.07) is 0.757. The Labute approximate surface area is 108 Å². The van der Waals surface area contributed by atoms with Crippen LogP contribution in [0.25, 0.3) is 0 Å². The van der Waals surface area contributed by atoms with Crippen LogP contribution in [0.2, 0.25) is 0 Å². The first-order valence-electron chi connectivity index (χ1n) is 7.42. The Bertz CT molecular complexity index is 201. The number of hydrogen-bond acceptors (Lipinski definition) is 2. The molecule has 3 atom stereocenters. The molecule has 0 bridgehead atoms. The number of nitrogens with one attached hydrogen (secondary N) is 1. The summed E-state index contributed by atoms with van der Waals surface area (Å²) >= 11 is 0. The Kier molecular flexibility index (Phi) is 6.50. The zero-order chi connectivity index (χ0) is 12.8. The van der Waals surface area contributed by atoms with Gasteiger partial charge in [0.05, 0.1) is 0 Å². The smallest absolute Gasteiger partial charge is 0.0108 e. The minimum atomic E-state index is 0.757. The van der Waals surface area contributed by atoms with Crippen molar-refractivity contribution in [3.63, 3.8) is 0 Å². The lowest BCUT2D eigenvalue weighted by molar-refractivity contribution is 0.141. The third kappa shape index (κ3) is 4.97. The maximum atomic E-state index is 3.76. The van der Waals surface area contributed by atoms with E-state index in [1.165, 1.54) is 38.8 Å². The molecule has 3 unspecified atom stereocenters. The van der Waals surface area contributed by atoms with Gasteiger partial charge in [0.1, 0.15) is 0 Å². The molecule has 0 saturated heterocycles. The zero-order valence-corrected chi connectivity index (χ0v) is 12.5. The van der Waals surface area contributed by atoms with Crippen LogP contribution in [0.15, 0.2) is 0 Å². The highest BCUT2D eigenvalue weighted by molar-refractivity contribution is 4.86. The van der Waals surface area contributed by atoms with Crippen LogP contribution in [0.1, 0.15) is 46.5 Å². The number of hydrogen-bond donors (Lipinski definition) is 1. The fourth-order valence-corrected chi connectivity index (χ4v) is 3.18. The van der Waals surface area contributed by atoms with Crippen molar-refractivity contribution in [2.24, 2.45) is 17.8 Å². The predicted octanol–water partition coefficient (Wildman–Crippen LogP) is 2.99. The third-order valence-corrected chi connectivity index (χ3v) is 4.22. The van der Waals surface area contributed by atoms with E-state index >= 15 is 0 Å². The molecular weight excluding hydrogens is 208 g/mol. The van der Waals surface area contributed by atoms with Crippen molar-refractivity contribution >= 4 is 0 Å². The van der Waals surface area contributed by atoms with Gasteiger partial charge in [0.2, 0.25) is 0 Å². The van der Waals surface area contributed by atoms with Crippen molar-refractivity contribution in [2.75, 3.05) is 27.2 Å². The zero-order valence-electron chi connectivity index (χ0n) is 12.5. The topological polar surface area (TPSA) is 15.3 Å². The Morgan fingerprint density at radius 2 is 1.94 bits per heavy atom. The van der Waals surface area contributed by atoms with Gasteiger partial charge in [-0.2, -0.15) is 0 Å². The second-order valence-corrected chi connectivity index (χ2v) is 6.40. The SMILES string of the molecule is CCCNC1CCC(C(C)C)CC1CN(C)C. The lowest BCUT2D eigenvalue weighted by atomic mass is 9.73. The summed E-state index contributed by atoms with van der Waals surface area (Å²) in [5.74, 6) is 2.64. The van der Waals surface area contributed by atoms with Crippen LogP contribution < -0.4 is 5.32 Å². The standard InChI is InChI=1S/C15H32N2/c1-6-9-16-15-8-7-13(12(2)3)10-14(15)11-17(4)5/h12-16H,6-11H2,1-5H3. The monoisotopic (exact) mass is 240 g/mol. The van der Waals surface area contributed by atoms with Crippen LogP contribution >= 0.6 is 0 Å². The molecule has 1 rings (SSSR count). The van der Waals surface area contributed by atoms with Crippen LogP contribution in [0.5, 0.6) is 0 Å². The van der Waals surface area contributed by atoms with Crippen LogP contribution in [-0.2, 0) is 0 Å². The number of nitrogens with zero attached hydrogens (tertiary/aromatic N) is 1. The molecule has 1 fully saturated rings. The Balaban J connectivity index is 2.52. The first kappa shape index (κ1) is 15.0. The van der Waals surface area contributed by atoms with Crippen molar-refractivity contribution in [1.29, 1.82) is 0 Å². The second kappa shape index (κ2) is 7.38. The van der Waals surface area contributed by atoms with Gasteiger partial charge in [-0.15, -0.1) is 0 Å². The molecule has 102 valence electrons. The quantitative estimate of drug-likeness (QED) is 0.768. The highest BCUT2D eigenvalue weighted by Gasteiger charge is 2.31. The first-order chi connectivity index (χ1) is 8.04. The van der Waals surface area contributed by atoms with Gasteiger partial charge in [0, 0.05) is 12.6 Å². The molecule has 0 amide bonds. The molecular formula is C15H32N2. The van der Waals surface area contributed by atoms with E-state index in [-0.39, 0.29) is 0 Å². The predicted molar refractivity (Wildman–Crippen MR) is 76.3 cm³/mol. The van der Waals surface area contributed by atoms with Gasteiger partial charge in [-0.25, -0.2) is 0 Å². The highest BCUT2D eigenvalue weighted by atomic mass is 15.1. The van der Waals surface area contributed by atoms with Crippen molar-refractivity contribution in [1.82, 2.24) is 10.2 Å². The van der Waals surface area contributed by atoms with E-state index in [1.807, 2.05) is 0 Å². The molecule has 17 heavy (non-hydrogen) atoms. The van der Waals surface area contributed by atoms with Gasteiger partial charge >= 0.3 is 0 Å². The van der Waals surface area contributed by atoms with Gasteiger partial charge in [-0.3, -0.25) is 0 Å². The van der Waals surface area contributed by atoms with Gasteiger partial charge < -0.3 is 10.2 Å². The van der Waals surface area contributed by atoms with E-state index in [9.17, 15) is 0 Å². The van der Waals surface area contributed by atoms with E-state index in [1.54, 1.807) is 0 Å². The Morgan fingerprint density at radius 1 is 1.24 bits per heavy atom. The van der Waals surface area contributed by atoms with E-state index in [0.29, 0.717) is 0 Å². The molecule has 2 nitrogen and oxygen atoms in total. The molecule has 0 aliphatic heterocycles. The average molecular weight is 240 g/mol. The molecule has 0 heterocycles. The molecule has 1 N–H and O–H groups in total. The summed E-state index contributed by atoms with van der Waals surface area (Å²) in [6.45, 7) is 9.45. The summed E-state index contributed by atoms with van der Waals surface area (Å²) in [5, 5.41) is 3.76. The molecule has 0 aromatic carbocycles. The molecule has 0 spiro atoms. The minimum absolute atomic E-state index is 0.757. The Hall–Kier alpha value is -0.0800. The van der Waals surface area contributed by atoms with E-state index < -0.39 is 0 Å². The van der Waals surface area contributed by atoms with Crippen LogP contribution in [0.4, 0.5) is 0 Å². The van der Waals surface area contributed by atoms with Gasteiger partial charge in [0.25, 0.3) is 0 Å². The minimum Gasteiger partial charge on any atom is -0.314 e. The summed E-state index contributed by atoms with van der Waals surface area (Å²) in [7, 11) is 4.41. The maximum Gasteiger partial charge on any atom is 0.0108 e. The van der Waals surface area contributed by atoms with Gasteiger partial charge in [-0.05, 0) is 64.1 Å². The molecule has 0 aromatic heterocycles. The summed E-state index contributed by atoms with van der Waals surface area (Å²) in [6.07, 6.45) is 5.46. The Morgan fingerprint density at radius 3 is 2.47 bits per heavy atom. The lowest BCUT2D eigenvalue weighted by Crippen LogP contribution is -2.45. The van der Waals surface area contributed by atoms with Crippen LogP contribution in [0.3, 0.4) is 0 Å². The third-order valence-electron chi connectivity index (χ3n) is 4.22. The van der Waals surface area contributed by atoms with Gasteiger partial charge in [0.15, 0.2) is 0 Å². The average Bonchev–Trinajstić information content (AvgIpc) is 2.26. The molecule has 0 aromatic rings. The van der Waals surface area contributed by atoms with E-state index in [2.05, 4.69) is 45.1 Å². The normalized spacial score (nSPS) is 30.2. The fourth-order valence-electron chi connectivity index (χ4n) is 3.18. The molecule has 1 saturated carbocycles. The van der Waals surface area contributed by atoms with Crippen molar-refractivity contribution in [3.05, 3.63) is 0 Å². The largest absolute Gasteiger partial charge is 0.314 e. The lowest BCUT2D eigenvalue weighted by Gasteiger charge is -2.39. The van der Waals surface area contributed by atoms with Gasteiger partial charge in [-0.1, -0.05) is 20.8 Å². The molecule has 1 aliphatic rings. The summed E-state index contributed by atoms with van der Waals surface area (Å²) in [5.41, 5.74) is 0. The number of rotatable bonds is 6. The fraction of sp³-hybridized carbons (Fsp3) is 1.00. The van der Waals surface area contributed by atoms with Crippen molar-refractivity contribution < 1.29 is 0 Å². The second-order valence-electron chi connectivity index (χ2n) is 6.40. The molecule has 0 radical (unpaired) electrons. The van der Waals surface area contributed by atoms with Crippen LogP contribution in [-0.4, -0.2) is 38.1 Å². The maximum absolute atomic E-state index is 3.76. The molecule has 1 aliphatic carbocycles. The van der Waals surface area contributed by atoms with E-state index in [0.717, 1.165) is 23.8 Å². The first-order valence-corrected chi connectivity index (χ1v) is 7.42. The summed E-state index contributed by atoms with van der Waals surface area (Å²) in [4.78, 5) is 2.36.